The zero-order chi connectivity index (χ0) is 19.4. The number of anilines is 2. The van der Waals surface area contributed by atoms with E-state index in [2.05, 4.69) is 5.32 Å². The van der Waals surface area contributed by atoms with Crippen LogP contribution in [0.5, 0.6) is 11.5 Å². The number of amides is 1. The fraction of sp³-hybridized carbons (Fsp3) is 0.316. The van der Waals surface area contributed by atoms with Gasteiger partial charge in [0.1, 0.15) is 11.5 Å². The SMILES string of the molecule is CCOc1ccc(NC(=O)[C@@H]2CN(S(=O)(=O)CC)c3ccccc3O2)cc1. The van der Waals surface area contributed by atoms with E-state index >= 15 is 0 Å². The Hall–Kier alpha value is -2.74. The van der Waals surface area contributed by atoms with Crippen molar-refractivity contribution in [3.63, 3.8) is 0 Å². The van der Waals surface area contributed by atoms with Crippen molar-refractivity contribution in [1.29, 1.82) is 0 Å². The lowest BCUT2D eigenvalue weighted by Crippen LogP contribution is -2.49. The number of carbonyl (C=O) groups excluding carboxylic acids is 1. The number of ether oxygens (including phenoxy) is 2. The molecule has 3 rings (SSSR count). The number of carbonyl (C=O) groups is 1. The Morgan fingerprint density at radius 2 is 1.89 bits per heavy atom. The normalized spacial score (nSPS) is 16.2. The van der Waals surface area contributed by atoms with Gasteiger partial charge in [0, 0.05) is 5.69 Å². The highest BCUT2D eigenvalue weighted by Gasteiger charge is 2.35. The average molecular weight is 390 g/mol. The molecule has 1 aliphatic rings. The first-order valence-electron chi connectivity index (χ1n) is 8.74. The third-order valence-corrected chi connectivity index (χ3v) is 5.91. The molecule has 0 aromatic heterocycles. The highest BCUT2D eigenvalue weighted by molar-refractivity contribution is 7.92. The Kier molecular flexibility index (Phi) is 5.55. The van der Waals surface area contributed by atoms with Crippen LogP contribution >= 0.6 is 0 Å². The third-order valence-electron chi connectivity index (χ3n) is 4.16. The lowest BCUT2D eigenvalue weighted by molar-refractivity contribution is -0.122. The van der Waals surface area contributed by atoms with E-state index in [1.54, 1.807) is 55.5 Å². The summed E-state index contributed by atoms with van der Waals surface area (Å²) in [6, 6.07) is 13.8. The van der Waals surface area contributed by atoms with Crippen LogP contribution in [0.15, 0.2) is 48.5 Å². The number of para-hydroxylation sites is 2. The molecule has 144 valence electrons. The molecule has 1 N–H and O–H groups in total. The molecule has 1 amide bonds. The van der Waals surface area contributed by atoms with Crippen LogP contribution in [-0.2, 0) is 14.8 Å². The van der Waals surface area contributed by atoms with Gasteiger partial charge in [-0.05, 0) is 50.2 Å². The molecule has 1 aliphatic heterocycles. The second kappa shape index (κ2) is 7.87. The lowest BCUT2D eigenvalue weighted by atomic mass is 10.2. The molecule has 0 radical (unpaired) electrons. The summed E-state index contributed by atoms with van der Waals surface area (Å²) in [6.07, 6.45) is -0.951. The number of hydrogen-bond donors (Lipinski definition) is 1. The zero-order valence-electron chi connectivity index (χ0n) is 15.2. The largest absolute Gasteiger partial charge is 0.494 e. The molecule has 0 bridgehead atoms. The molecule has 0 unspecified atom stereocenters. The standard InChI is InChI=1S/C19H22N2O5S/c1-3-25-15-11-9-14(10-12-15)20-19(22)18-13-21(27(23,24)4-2)16-7-5-6-8-17(16)26-18/h5-12,18H,3-4,13H2,1-2H3,(H,20,22)/t18-/m0/s1. The van der Waals surface area contributed by atoms with Gasteiger partial charge < -0.3 is 14.8 Å². The van der Waals surface area contributed by atoms with Crippen LogP contribution < -0.4 is 19.1 Å². The van der Waals surface area contributed by atoms with E-state index in [0.29, 0.717) is 29.5 Å². The summed E-state index contributed by atoms with van der Waals surface area (Å²) < 4.78 is 37.3. The van der Waals surface area contributed by atoms with Gasteiger partial charge in [-0.1, -0.05) is 12.1 Å². The average Bonchev–Trinajstić information content (AvgIpc) is 2.68. The summed E-state index contributed by atoms with van der Waals surface area (Å²) in [6.45, 7) is 3.95. The van der Waals surface area contributed by atoms with Crippen LogP contribution in [0.2, 0.25) is 0 Å². The van der Waals surface area contributed by atoms with Crippen LogP contribution in [0.4, 0.5) is 11.4 Å². The van der Waals surface area contributed by atoms with Crippen molar-refractivity contribution < 1.29 is 22.7 Å². The van der Waals surface area contributed by atoms with Gasteiger partial charge in [0.05, 0.1) is 24.6 Å². The molecule has 0 fully saturated rings. The molecule has 2 aromatic rings. The van der Waals surface area contributed by atoms with Crippen LogP contribution in [0, 0.1) is 0 Å². The highest BCUT2D eigenvalue weighted by Crippen LogP contribution is 2.35. The maximum atomic E-state index is 12.7. The molecule has 0 saturated heterocycles. The Labute approximate surface area is 158 Å². The summed E-state index contributed by atoms with van der Waals surface area (Å²) in [5.74, 6) is 0.602. The number of rotatable bonds is 6. The quantitative estimate of drug-likeness (QED) is 0.820. The zero-order valence-corrected chi connectivity index (χ0v) is 16.0. The van der Waals surface area contributed by atoms with Gasteiger partial charge in [-0.2, -0.15) is 0 Å². The summed E-state index contributed by atoms with van der Waals surface area (Å²) in [5.41, 5.74) is 1.03. The van der Waals surface area contributed by atoms with E-state index in [0.717, 1.165) is 0 Å². The minimum Gasteiger partial charge on any atom is -0.494 e. The first-order valence-corrected chi connectivity index (χ1v) is 10.4. The maximum absolute atomic E-state index is 12.7. The van der Waals surface area contributed by atoms with Crippen molar-refractivity contribution in [2.24, 2.45) is 0 Å². The van der Waals surface area contributed by atoms with E-state index in [1.165, 1.54) is 4.31 Å². The topological polar surface area (TPSA) is 84.9 Å². The Morgan fingerprint density at radius 1 is 1.19 bits per heavy atom. The van der Waals surface area contributed by atoms with Crippen LogP contribution in [0.25, 0.3) is 0 Å². The molecule has 1 heterocycles. The van der Waals surface area contributed by atoms with E-state index in [9.17, 15) is 13.2 Å². The first-order chi connectivity index (χ1) is 12.9. The van der Waals surface area contributed by atoms with Gasteiger partial charge in [0.15, 0.2) is 6.10 Å². The van der Waals surface area contributed by atoms with Crippen molar-refractivity contribution in [2.45, 2.75) is 20.0 Å². The van der Waals surface area contributed by atoms with Crippen molar-refractivity contribution >= 4 is 27.3 Å². The van der Waals surface area contributed by atoms with E-state index < -0.39 is 22.0 Å². The van der Waals surface area contributed by atoms with Crippen molar-refractivity contribution in [3.8, 4) is 11.5 Å². The molecule has 0 spiro atoms. The predicted molar refractivity (Wildman–Crippen MR) is 104 cm³/mol. The molecular formula is C19H22N2O5S. The van der Waals surface area contributed by atoms with Gasteiger partial charge in [0.25, 0.3) is 5.91 Å². The number of benzene rings is 2. The molecule has 2 aromatic carbocycles. The Balaban J connectivity index is 1.79. The molecule has 0 aliphatic carbocycles. The van der Waals surface area contributed by atoms with Gasteiger partial charge in [-0.25, -0.2) is 8.42 Å². The van der Waals surface area contributed by atoms with Crippen molar-refractivity contribution in [3.05, 3.63) is 48.5 Å². The maximum Gasteiger partial charge on any atom is 0.267 e. The van der Waals surface area contributed by atoms with Gasteiger partial charge in [-0.15, -0.1) is 0 Å². The minimum absolute atomic E-state index is 0.0609. The van der Waals surface area contributed by atoms with Crippen LogP contribution in [-0.4, -0.2) is 39.3 Å². The molecule has 8 heteroatoms. The number of nitrogens with one attached hydrogen (secondary N) is 1. The summed E-state index contributed by atoms with van der Waals surface area (Å²) in [7, 11) is -3.53. The number of nitrogens with zero attached hydrogens (tertiary/aromatic N) is 1. The molecule has 1 atom stereocenters. The summed E-state index contributed by atoms with van der Waals surface area (Å²) in [5, 5.41) is 2.76. The van der Waals surface area contributed by atoms with Crippen LogP contribution in [0.1, 0.15) is 13.8 Å². The summed E-state index contributed by atoms with van der Waals surface area (Å²) >= 11 is 0. The third kappa shape index (κ3) is 4.16. The number of sulfonamides is 1. The first kappa shape index (κ1) is 19.0. The van der Waals surface area contributed by atoms with E-state index in [-0.39, 0.29) is 12.3 Å². The predicted octanol–water partition coefficient (Wildman–Crippen LogP) is 2.64. The molecular weight excluding hydrogens is 368 g/mol. The number of fused-ring (bicyclic) bond motifs is 1. The molecule has 0 saturated carbocycles. The van der Waals surface area contributed by atoms with Crippen molar-refractivity contribution in [2.75, 3.05) is 28.5 Å². The lowest BCUT2D eigenvalue weighted by Gasteiger charge is -2.34. The van der Waals surface area contributed by atoms with Gasteiger partial charge >= 0.3 is 0 Å². The fourth-order valence-corrected chi connectivity index (χ4v) is 3.91. The highest BCUT2D eigenvalue weighted by atomic mass is 32.2. The Bertz CT molecular complexity index is 912. The number of hydrogen-bond acceptors (Lipinski definition) is 5. The summed E-state index contributed by atoms with van der Waals surface area (Å²) in [4.78, 5) is 12.7. The Morgan fingerprint density at radius 3 is 2.56 bits per heavy atom. The van der Waals surface area contributed by atoms with Gasteiger partial charge in [-0.3, -0.25) is 9.10 Å². The molecule has 7 nitrogen and oxygen atoms in total. The second-order valence-corrected chi connectivity index (χ2v) is 8.13. The van der Waals surface area contributed by atoms with Crippen LogP contribution in [0.3, 0.4) is 0 Å². The fourth-order valence-electron chi connectivity index (χ4n) is 2.78. The minimum atomic E-state index is -3.53. The smallest absolute Gasteiger partial charge is 0.267 e. The van der Waals surface area contributed by atoms with Crippen molar-refractivity contribution in [1.82, 2.24) is 0 Å². The second-order valence-electron chi connectivity index (χ2n) is 5.95. The molecule has 27 heavy (non-hydrogen) atoms. The van der Waals surface area contributed by atoms with E-state index in [1.807, 2.05) is 6.92 Å². The monoisotopic (exact) mass is 390 g/mol. The van der Waals surface area contributed by atoms with Gasteiger partial charge in [0.2, 0.25) is 10.0 Å². The van der Waals surface area contributed by atoms with E-state index in [4.69, 9.17) is 9.47 Å².